The van der Waals surface area contributed by atoms with Crippen molar-refractivity contribution in [3.8, 4) is 0 Å². The molecule has 0 amide bonds. The highest BCUT2D eigenvalue weighted by atomic mass is 35.5. The Bertz CT molecular complexity index is 136. The number of hydrogen-bond donors (Lipinski definition) is 1. The maximum absolute atomic E-state index is 8.23. The van der Waals surface area contributed by atoms with Crippen molar-refractivity contribution in [1.82, 2.24) is 0 Å². The zero-order chi connectivity index (χ0) is 12.2. The summed E-state index contributed by atoms with van der Waals surface area (Å²) in [5.41, 5.74) is 0. The third-order valence-corrected chi connectivity index (χ3v) is 2.95. The number of alkyl halides is 1. The summed E-state index contributed by atoms with van der Waals surface area (Å²) in [6, 6.07) is 0. The lowest BCUT2D eigenvalue weighted by Crippen LogP contribution is -1.98. The van der Waals surface area contributed by atoms with Gasteiger partial charge in [0.15, 0.2) is 0 Å². The Kier molecular flexibility index (Phi) is 11.8. The third kappa shape index (κ3) is 14.2. The van der Waals surface area contributed by atoms with Gasteiger partial charge in [0.25, 0.3) is 0 Å². The van der Waals surface area contributed by atoms with Gasteiger partial charge in [-0.25, -0.2) is 0 Å². The van der Waals surface area contributed by atoms with Crippen molar-refractivity contribution < 1.29 is 9.84 Å². The van der Waals surface area contributed by atoms with Crippen LogP contribution in [0.3, 0.4) is 0 Å². The van der Waals surface area contributed by atoms with E-state index in [0.29, 0.717) is 12.0 Å². The minimum atomic E-state index is -0.350. The maximum Gasteiger partial charge on any atom is 0.0810 e. The number of aliphatic hydroxyl groups excluding tert-OH is 1. The van der Waals surface area contributed by atoms with E-state index in [0.717, 1.165) is 6.61 Å². The van der Waals surface area contributed by atoms with Crippen LogP contribution in [0.25, 0.3) is 0 Å². The van der Waals surface area contributed by atoms with Crippen molar-refractivity contribution in [1.29, 1.82) is 0 Å². The zero-order valence-corrected chi connectivity index (χ0v) is 11.5. The molecule has 2 unspecified atom stereocenters. The molecule has 98 valence electrons. The molecule has 0 aromatic rings. The van der Waals surface area contributed by atoms with E-state index in [1.807, 2.05) is 0 Å². The van der Waals surface area contributed by atoms with Crippen LogP contribution in [0.1, 0.15) is 58.8 Å². The molecule has 16 heavy (non-hydrogen) atoms. The quantitative estimate of drug-likeness (QED) is 0.404. The summed E-state index contributed by atoms with van der Waals surface area (Å²) in [6.07, 6.45) is 10.0. The van der Waals surface area contributed by atoms with Gasteiger partial charge in [0, 0.05) is 5.88 Å². The van der Waals surface area contributed by atoms with Crippen LogP contribution in [-0.4, -0.2) is 29.8 Å². The van der Waals surface area contributed by atoms with Crippen LogP contribution >= 0.6 is 11.6 Å². The smallest absolute Gasteiger partial charge is 0.0810 e. The van der Waals surface area contributed by atoms with Crippen LogP contribution in [0.4, 0.5) is 0 Å². The fraction of sp³-hybridized carbons (Fsp3) is 1.00. The second-order valence-electron chi connectivity index (χ2n) is 4.52. The molecule has 1 fully saturated rings. The Labute approximate surface area is 105 Å². The summed E-state index contributed by atoms with van der Waals surface area (Å²) in [5.74, 6) is 0.333. The largest absolute Gasteiger partial charge is 0.392 e. The van der Waals surface area contributed by atoms with Crippen molar-refractivity contribution >= 4 is 11.6 Å². The monoisotopic (exact) mass is 250 g/mol. The summed E-state index contributed by atoms with van der Waals surface area (Å²) in [7, 11) is 0. The summed E-state index contributed by atoms with van der Waals surface area (Å²) in [5, 5.41) is 8.23. The standard InChI is InChI=1S/C10H20O.C3H7ClO/c1-2-3-4-5-6-7-8-10-9-11-10;1-3(5)2-4/h10H,2-9H2,1H3;3,5H,2H2,1H3. The van der Waals surface area contributed by atoms with Crippen molar-refractivity contribution in [2.24, 2.45) is 0 Å². The average molecular weight is 251 g/mol. The Morgan fingerprint density at radius 1 is 1.25 bits per heavy atom. The highest BCUT2D eigenvalue weighted by Crippen LogP contribution is 2.17. The highest BCUT2D eigenvalue weighted by molar-refractivity contribution is 6.18. The van der Waals surface area contributed by atoms with Gasteiger partial charge in [-0.1, -0.05) is 45.4 Å². The molecule has 0 saturated carbocycles. The van der Waals surface area contributed by atoms with Crippen LogP contribution in [0.5, 0.6) is 0 Å². The lowest BCUT2D eigenvalue weighted by atomic mass is 10.1. The Morgan fingerprint density at radius 2 is 1.75 bits per heavy atom. The number of unbranched alkanes of at least 4 members (excludes halogenated alkanes) is 5. The van der Waals surface area contributed by atoms with E-state index in [-0.39, 0.29) is 6.10 Å². The molecule has 3 heteroatoms. The summed E-state index contributed by atoms with van der Waals surface area (Å²) >= 11 is 5.09. The van der Waals surface area contributed by atoms with E-state index >= 15 is 0 Å². The van der Waals surface area contributed by atoms with Crippen molar-refractivity contribution in [3.63, 3.8) is 0 Å². The molecule has 0 aromatic heterocycles. The molecule has 0 spiro atoms. The minimum Gasteiger partial charge on any atom is -0.392 e. The molecule has 0 bridgehead atoms. The Hall–Kier alpha value is 0.210. The second-order valence-corrected chi connectivity index (χ2v) is 4.82. The minimum absolute atomic E-state index is 0.333. The van der Waals surface area contributed by atoms with Crippen molar-refractivity contribution in [3.05, 3.63) is 0 Å². The SMILES string of the molecule is CC(O)CCl.CCCCCCCCC1CO1. The predicted octanol–water partition coefficient (Wildman–Crippen LogP) is 3.74. The van der Waals surface area contributed by atoms with E-state index in [4.69, 9.17) is 21.4 Å². The third-order valence-electron chi connectivity index (χ3n) is 2.51. The van der Waals surface area contributed by atoms with E-state index in [1.54, 1.807) is 6.92 Å². The fourth-order valence-corrected chi connectivity index (χ4v) is 1.39. The van der Waals surface area contributed by atoms with Gasteiger partial charge in [-0.05, 0) is 13.3 Å². The van der Waals surface area contributed by atoms with Gasteiger partial charge < -0.3 is 9.84 Å². The van der Waals surface area contributed by atoms with Gasteiger partial charge in [0.05, 0.1) is 18.8 Å². The molecular formula is C13H27ClO2. The summed E-state index contributed by atoms with van der Waals surface area (Å²) < 4.78 is 5.14. The number of epoxide rings is 1. The Morgan fingerprint density at radius 3 is 2.19 bits per heavy atom. The molecule has 1 saturated heterocycles. The lowest BCUT2D eigenvalue weighted by Gasteiger charge is -1.97. The van der Waals surface area contributed by atoms with Gasteiger partial charge in [-0.2, -0.15) is 0 Å². The second kappa shape index (κ2) is 11.7. The highest BCUT2D eigenvalue weighted by Gasteiger charge is 2.20. The average Bonchev–Trinajstić information content (AvgIpc) is 3.08. The summed E-state index contributed by atoms with van der Waals surface area (Å²) in [4.78, 5) is 0. The van der Waals surface area contributed by atoms with Crippen molar-refractivity contribution in [2.75, 3.05) is 12.5 Å². The number of rotatable bonds is 8. The summed E-state index contributed by atoms with van der Waals surface area (Å²) in [6.45, 7) is 4.94. The molecule has 0 aliphatic carbocycles. The molecule has 1 rings (SSSR count). The van der Waals surface area contributed by atoms with Gasteiger partial charge in [0.2, 0.25) is 0 Å². The lowest BCUT2D eigenvalue weighted by molar-refractivity contribution is 0.219. The normalized spacial score (nSPS) is 19.9. The first kappa shape index (κ1) is 16.2. The molecule has 0 radical (unpaired) electrons. The zero-order valence-electron chi connectivity index (χ0n) is 10.8. The van der Waals surface area contributed by atoms with E-state index < -0.39 is 0 Å². The molecule has 2 atom stereocenters. The first-order chi connectivity index (χ1) is 7.70. The van der Waals surface area contributed by atoms with Crippen molar-refractivity contribution in [2.45, 2.75) is 71.0 Å². The number of aliphatic hydroxyl groups is 1. The molecular weight excluding hydrogens is 224 g/mol. The Balaban J connectivity index is 0.000000385. The van der Waals surface area contributed by atoms with Gasteiger partial charge in [-0.3, -0.25) is 0 Å². The molecule has 1 aliphatic rings. The molecule has 1 aliphatic heterocycles. The fourth-order valence-electron chi connectivity index (χ4n) is 1.39. The van der Waals surface area contributed by atoms with Gasteiger partial charge in [0.1, 0.15) is 0 Å². The van der Waals surface area contributed by atoms with Crippen LogP contribution in [0.2, 0.25) is 0 Å². The van der Waals surface area contributed by atoms with E-state index in [9.17, 15) is 0 Å². The number of hydrogen-bond acceptors (Lipinski definition) is 2. The van der Waals surface area contributed by atoms with Gasteiger partial charge in [-0.15, -0.1) is 11.6 Å². The first-order valence-corrected chi connectivity index (χ1v) is 7.09. The van der Waals surface area contributed by atoms with E-state index in [2.05, 4.69) is 6.92 Å². The van der Waals surface area contributed by atoms with Crippen LogP contribution in [-0.2, 0) is 4.74 Å². The molecule has 2 nitrogen and oxygen atoms in total. The maximum atomic E-state index is 8.23. The first-order valence-electron chi connectivity index (χ1n) is 6.56. The van der Waals surface area contributed by atoms with Gasteiger partial charge >= 0.3 is 0 Å². The van der Waals surface area contributed by atoms with Crippen LogP contribution in [0.15, 0.2) is 0 Å². The molecule has 1 N–H and O–H groups in total. The topological polar surface area (TPSA) is 32.8 Å². The van der Waals surface area contributed by atoms with Crippen LogP contribution < -0.4 is 0 Å². The molecule has 0 aromatic carbocycles. The molecule has 1 heterocycles. The van der Waals surface area contributed by atoms with Crippen LogP contribution in [0, 0.1) is 0 Å². The predicted molar refractivity (Wildman–Crippen MR) is 70.1 cm³/mol. The van der Waals surface area contributed by atoms with E-state index in [1.165, 1.54) is 44.9 Å². The number of halogens is 1. The number of ether oxygens (including phenoxy) is 1.